The first-order valence-corrected chi connectivity index (χ1v) is 15.0. The predicted octanol–water partition coefficient (Wildman–Crippen LogP) is 5.31. The van der Waals surface area contributed by atoms with Gasteiger partial charge in [0.05, 0.1) is 5.54 Å². The minimum Gasteiger partial charge on any atom is -0.464 e. The normalized spacial score (nSPS) is 21.3. The molecule has 4 heterocycles. The minimum atomic E-state index is -0.738. The number of hydrogen-bond donors (Lipinski definition) is 1. The molecule has 0 radical (unpaired) electrons. The summed E-state index contributed by atoms with van der Waals surface area (Å²) >= 11 is 1.79. The largest absolute Gasteiger partial charge is 0.464 e. The van der Waals surface area contributed by atoms with E-state index in [1.54, 1.807) is 16.4 Å². The summed E-state index contributed by atoms with van der Waals surface area (Å²) in [5.41, 5.74) is 2.48. The molecule has 0 saturated carbocycles. The number of aromatic nitrogens is 4. The fraction of sp³-hybridized carbons (Fsp3) is 0.273. The molecule has 9 heteroatoms. The lowest BCUT2D eigenvalue weighted by molar-refractivity contribution is -0.150. The summed E-state index contributed by atoms with van der Waals surface area (Å²) in [5.74, 6) is 2.31. The van der Waals surface area contributed by atoms with Crippen LogP contribution in [0.25, 0.3) is 0 Å². The molecule has 3 atom stereocenters. The Bertz CT molecular complexity index is 1610. The van der Waals surface area contributed by atoms with Gasteiger partial charge in [-0.2, -0.15) is 0 Å². The smallest absolute Gasteiger partial charge is 0.244 e. The number of fused-ring (bicyclic) bond motifs is 1. The van der Waals surface area contributed by atoms with Crippen LogP contribution in [-0.2, 0) is 16.9 Å². The number of amides is 1. The third kappa shape index (κ3) is 4.26. The van der Waals surface area contributed by atoms with Gasteiger partial charge in [-0.1, -0.05) is 91.0 Å². The number of hydrogen-bond acceptors (Lipinski definition) is 7. The third-order valence-electron chi connectivity index (χ3n) is 8.34. The average Bonchev–Trinajstić information content (AvgIpc) is 3.71. The van der Waals surface area contributed by atoms with Crippen molar-refractivity contribution in [2.75, 3.05) is 0 Å². The van der Waals surface area contributed by atoms with Crippen molar-refractivity contribution in [3.05, 3.63) is 137 Å². The van der Waals surface area contributed by atoms with E-state index in [9.17, 15) is 4.79 Å². The Morgan fingerprint density at radius 2 is 1.45 bits per heavy atom. The van der Waals surface area contributed by atoms with E-state index in [-0.39, 0.29) is 22.1 Å². The first-order chi connectivity index (χ1) is 20.4. The number of thioether (sulfide) groups is 1. The van der Waals surface area contributed by atoms with Crippen LogP contribution in [0.5, 0.6) is 0 Å². The summed E-state index contributed by atoms with van der Waals surface area (Å²) in [6, 6.07) is 34.3. The summed E-state index contributed by atoms with van der Waals surface area (Å²) in [7, 11) is 0. The van der Waals surface area contributed by atoms with Crippen molar-refractivity contribution in [2.45, 2.75) is 55.1 Å². The van der Waals surface area contributed by atoms with Crippen molar-refractivity contribution in [3.8, 4) is 0 Å². The molecule has 2 aliphatic rings. The monoisotopic (exact) mass is 576 g/mol. The Kier molecular flexibility index (Phi) is 6.51. The number of nitrogens with zero attached hydrogens (tertiary/aromatic N) is 5. The Balaban J connectivity index is 1.27. The molecule has 42 heavy (non-hydrogen) atoms. The lowest BCUT2D eigenvalue weighted by Crippen LogP contribution is -2.70. The topological polar surface area (TPSA) is 89.1 Å². The highest BCUT2D eigenvalue weighted by molar-refractivity contribution is 8.01. The zero-order valence-corrected chi connectivity index (χ0v) is 24.5. The molecule has 7 rings (SSSR count). The molecule has 0 aliphatic carbocycles. The van der Waals surface area contributed by atoms with Crippen LogP contribution < -0.4 is 5.32 Å². The Hall–Kier alpha value is -4.21. The maximum atomic E-state index is 14.2. The summed E-state index contributed by atoms with van der Waals surface area (Å²) in [4.78, 5) is 16.2. The van der Waals surface area contributed by atoms with E-state index in [1.807, 2.05) is 42.2 Å². The Morgan fingerprint density at radius 3 is 1.98 bits per heavy atom. The van der Waals surface area contributed by atoms with E-state index in [4.69, 9.17) is 4.42 Å². The van der Waals surface area contributed by atoms with Crippen LogP contribution in [-0.4, -0.2) is 47.2 Å². The van der Waals surface area contributed by atoms with E-state index >= 15 is 0 Å². The number of β-lactam (4-membered cyclic amide) rings is 1. The molecule has 3 unspecified atom stereocenters. The lowest BCUT2D eigenvalue weighted by atomic mass is 9.76. The Labute approximate surface area is 249 Å². The first kappa shape index (κ1) is 26.7. The highest BCUT2D eigenvalue weighted by Gasteiger charge is 2.64. The van der Waals surface area contributed by atoms with Crippen molar-refractivity contribution in [2.24, 2.45) is 0 Å². The Morgan fingerprint density at radius 1 is 0.881 bits per heavy atom. The van der Waals surface area contributed by atoms with Gasteiger partial charge in [-0.15, -0.1) is 16.9 Å². The van der Waals surface area contributed by atoms with Crippen molar-refractivity contribution >= 4 is 17.7 Å². The number of furan rings is 1. The van der Waals surface area contributed by atoms with Crippen molar-refractivity contribution in [1.82, 2.24) is 30.4 Å². The van der Waals surface area contributed by atoms with Crippen LogP contribution in [0.3, 0.4) is 0 Å². The molecule has 1 amide bonds. The molecule has 2 aromatic heterocycles. The van der Waals surface area contributed by atoms with E-state index in [0.717, 1.165) is 28.2 Å². The van der Waals surface area contributed by atoms with E-state index < -0.39 is 11.6 Å². The quantitative estimate of drug-likeness (QED) is 0.198. The fourth-order valence-corrected chi connectivity index (χ4v) is 8.08. The van der Waals surface area contributed by atoms with Crippen LogP contribution in [0, 0.1) is 6.92 Å². The minimum absolute atomic E-state index is 0.0404. The number of rotatable bonds is 8. The molecule has 2 saturated heterocycles. The van der Waals surface area contributed by atoms with Crippen LogP contribution in [0.1, 0.15) is 53.9 Å². The molecule has 5 aromatic rings. The number of aryl methyl sites for hydroxylation is 1. The number of carbonyl (C=O) groups is 1. The standard InChI is InChI=1S/C33H32N6O2S/c1-22-19-20-26(41-22)21-38-29(35-36-37-38)28-32(2,3)42-31-27(30(40)39(28)31)34-33(23-13-7-4-8-14-23,24-15-9-5-10-16-24)25-17-11-6-12-18-25/h4-20,27-28,31,34H,21H2,1-3H3. The maximum Gasteiger partial charge on any atom is 0.244 e. The number of carbonyl (C=O) groups excluding carboxylic acids is 1. The number of benzene rings is 3. The van der Waals surface area contributed by atoms with E-state index in [2.05, 4.69) is 107 Å². The lowest BCUT2D eigenvalue weighted by Gasteiger charge is -2.49. The van der Waals surface area contributed by atoms with Crippen LogP contribution in [0.2, 0.25) is 0 Å². The predicted molar refractivity (Wildman–Crippen MR) is 162 cm³/mol. The van der Waals surface area contributed by atoms with Crippen LogP contribution >= 0.6 is 11.8 Å². The second-order valence-corrected chi connectivity index (χ2v) is 13.2. The summed E-state index contributed by atoms with van der Waals surface area (Å²) in [5, 5.41) is 16.5. The van der Waals surface area contributed by atoms with Crippen LogP contribution in [0.4, 0.5) is 0 Å². The summed E-state index contributed by atoms with van der Waals surface area (Å²) < 4.78 is 7.23. The van der Waals surface area contributed by atoms with Crippen molar-refractivity contribution < 1.29 is 9.21 Å². The second-order valence-electron chi connectivity index (χ2n) is 11.4. The van der Waals surface area contributed by atoms with Gasteiger partial charge in [0.15, 0.2) is 5.82 Å². The molecule has 0 spiro atoms. The van der Waals surface area contributed by atoms with Gasteiger partial charge in [-0.05, 0) is 60.0 Å². The molecule has 1 N–H and O–H groups in total. The van der Waals surface area contributed by atoms with Gasteiger partial charge in [0.2, 0.25) is 5.91 Å². The zero-order valence-electron chi connectivity index (χ0n) is 23.7. The maximum absolute atomic E-state index is 14.2. The van der Waals surface area contributed by atoms with Gasteiger partial charge in [-0.3, -0.25) is 10.1 Å². The van der Waals surface area contributed by atoms with Gasteiger partial charge in [0.25, 0.3) is 0 Å². The highest BCUT2D eigenvalue weighted by atomic mass is 32.2. The SMILES string of the molecule is Cc1ccc(Cn2nnnc2C2N3C(=O)C(NC(c4ccccc4)(c4ccccc4)c4ccccc4)C3SC2(C)C)o1. The fourth-order valence-electron chi connectivity index (χ4n) is 6.45. The van der Waals surface area contributed by atoms with E-state index in [0.29, 0.717) is 12.4 Å². The summed E-state index contributed by atoms with van der Waals surface area (Å²) in [6.07, 6.45) is 0. The third-order valence-corrected chi connectivity index (χ3v) is 9.91. The van der Waals surface area contributed by atoms with Crippen LogP contribution in [0.15, 0.2) is 108 Å². The molecular weight excluding hydrogens is 544 g/mol. The van der Waals surface area contributed by atoms with Gasteiger partial charge in [-0.25, -0.2) is 4.68 Å². The molecule has 2 aliphatic heterocycles. The number of tetrazole rings is 1. The molecular formula is C33H32N6O2S. The van der Waals surface area contributed by atoms with Gasteiger partial charge in [0.1, 0.15) is 35.5 Å². The number of nitrogens with one attached hydrogen (secondary N) is 1. The van der Waals surface area contributed by atoms with Gasteiger partial charge >= 0.3 is 0 Å². The zero-order chi connectivity index (χ0) is 28.9. The molecule has 3 aromatic carbocycles. The van der Waals surface area contributed by atoms with Crippen molar-refractivity contribution in [1.29, 1.82) is 0 Å². The highest BCUT2D eigenvalue weighted by Crippen LogP contribution is 2.57. The van der Waals surface area contributed by atoms with Gasteiger partial charge < -0.3 is 9.32 Å². The van der Waals surface area contributed by atoms with E-state index in [1.165, 1.54) is 0 Å². The second kappa shape index (κ2) is 10.3. The molecule has 2 fully saturated rings. The van der Waals surface area contributed by atoms with Crippen molar-refractivity contribution in [3.63, 3.8) is 0 Å². The first-order valence-electron chi connectivity index (χ1n) is 14.1. The molecule has 212 valence electrons. The molecule has 0 bridgehead atoms. The van der Waals surface area contributed by atoms with Gasteiger partial charge in [0, 0.05) is 4.75 Å². The summed E-state index contributed by atoms with van der Waals surface area (Å²) in [6.45, 7) is 6.65. The molecule has 8 nitrogen and oxygen atoms in total. The average molecular weight is 577 g/mol.